The fourth-order valence-electron chi connectivity index (χ4n) is 1.52. The van der Waals surface area contributed by atoms with Crippen molar-refractivity contribution in [3.63, 3.8) is 0 Å². The van der Waals surface area contributed by atoms with Crippen molar-refractivity contribution < 1.29 is 14.6 Å². The number of nitrogens with zero attached hydrogens (tertiary/aromatic N) is 2. The van der Waals surface area contributed by atoms with Crippen molar-refractivity contribution >= 4 is 5.97 Å². The van der Waals surface area contributed by atoms with Gasteiger partial charge in [-0.05, 0) is 12.8 Å². The van der Waals surface area contributed by atoms with Crippen LogP contribution in [0.4, 0.5) is 0 Å². The molecule has 0 saturated carbocycles. The summed E-state index contributed by atoms with van der Waals surface area (Å²) < 4.78 is 5.36. The van der Waals surface area contributed by atoms with Gasteiger partial charge in [0.2, 0.25) is 5.88 Å². The lowest BCUT2D eigenvalue weighted by Gasteiger charge is -2.11. The zero-order valence-corrected chi connectivity index (χ0v) is 10.2. The molecule has 0 aliphatic carbocycles. The van der Waals surface area contributed by atoms with Crippen LogP contribution in [-0.4, -0.2) is 27.7 Å². The van der Waals surface area contributed by atoms with Crippen LogP contribution >= 0.6 is 0 Å². The minimum absolute atomic E-state index is 0.444. The quantitative estimate of drug-likeness (QED) is 0.788. The maximum atomic E-state index is 11.1. The van der Waals surface area contributed by atoms with E-state index in [4.69, 9.17) is 9.84 Å². The second kappa shape index (κ2) is 6.83. The number of hydrogen-bond donors (Lipinski definition) is 1. The Balaban J connectivity index is 2.83. The first-order chi connectivity index (χ1) is 8.19. The van der Waals surface area contributed by atoms with Crippen molar-refractivity contribution in [1.82, 2.24) is 9.97 Å². The van der Waals surface area contributed by atoms with E-state index >= 15 is 0 Å². The Bertz CT molecular complexity index is 369. The monoisotopic (exact) mass is 238 g/mol. The van der Waals surface area contributed by atoms with Crippen LogP contribution in [0.25, 0.3) is 0 Å². The second-order valence-electron chi connectivity index (χ2n) is 3.81. The fraction of sp³-hybridized carbons (Fsp3) is 0.583. The Morgan fingerprint density at radius 1 is 1.41 bits per heavy atom. The Labute approximate surface area is 101 Å². The molecule has 0 aliphatic rings. The maximum Gasteiger partial charge on any atom is 0.312 e. The van der Waals surface area contributed by atoms with Gasteiger partial charge in [-0.3, -0.25) is 4.79 Å². The highest BCUT2D eigenvalue weighted by molar-refractivity contribution is 5.75. The second-order valence-corrected chi connectivity index (χ2v) is 3.81. The molecule has 0 amide bonds. The van der Waals surface area contributed by atoms with Gasteiger partial charge in [-0.15, -0.1) is 0 Å². The van der Waals surface area contributed by atoms with Gasteiger partial charge in [0.15, 0.2) is 0 Å². The molecule has 0 fully saturated rings. The molecule has 94 valence electrons. The first-order valence-electron chi connectivity index (χ1n) is 5.86. The summed E-state index contributed by atoms with van der Waals surface area (Å²) in [6.07, 6.45) is 3.61. The van der Waals surface area contributed by atoms with Crippen LogP contribution in [0, 0.1) is 0 Å². The lowest BCUT2D eigenvalue weighted by atomic mass is 10.00. The van der Waals surface area contributed by atoms with Gasteiger partial charge in [-0.1, -0.05) is 20.3 Å². The summed E-state index contributed by atoms with van der Waals surface area (Å²) in [5.41, 5.74) is 0.514. The number of ether oxygens (including phenoxy) is 1. The van der Waals surface area contributed by atoms with Crippen molar-refractivity contribution in [1.29, 1.82) is 0 Å². The van der Waals surface area contributed by atoms with Crippen molar-refractivity contribution in [2.75, 3.05) is 6.61 Å². The molecule has 1 atom stereocenters. The predicted octanol–water partition coefficient (Wildman–Crippen LogP) is 2.23. The van der Waals surface area contributed by atoms with Gasteiger partial charge in [0.1, 0.15) is 6.33 Å². The first kappa shape index (κ1) is 13.4. The molecular weight excluding hydrogens is 220 g/mol. The highest BCUT2D eigenvalue weighted by Gasteiger charge is 2.20. The molecule has 1 heterocycles. The minimum atomic E-state index is -0.855. The minimum Gasteiger partial charge on any atom is -0.481 e. The topological polar surface area (TPSA) is 72.3 Å². The van der Waals surface area contributed by atoms with Gasteiger partial charge >= 0.3 is 5.97 Å². The summed E-state index contributed by atoms with van der Waals surface area (Å²) in [5.74, 6) is -0.988. The van der Waals surface area contributed by atoms with E-state index in [1.165, 1.54) is 6.33 Å². The smallest absolute Gasteiger partial charge is 0.312 e. The molecule has 1 rings (SSSR count). The number of carboxylic acid groups (broad SMARTS) is 1. The average Bonchev–Trinajstić information content (AvgIpc) is 2.33. The normalized spacial score (nSPS) is 12.1. The molecule has 17 heavy (non-hydrogen) atoms. The van der Waals surface area contributed by atoms with Gasteiger partial charge < -0.3 is 9.84 Å². The number of aliphatic carboxylic acids is 1. The molecule has 0 saturated heterocycles. The van der Waals surface area contributed by atoms with E-state index in [0.717, 1.165) is 12.8 Å². The summed E-state index contributed by atoms with van der Waals surface area (Å²) in [6, 6.07) is 1.62. The lowest BCUT2D eigenvalue weighted by Crippen LogP contribution is -2.13. The Morgan fingerprint density at radius 3 is 2.76 bits per heavy atom. The number of carboxylic acids is 1. The van der Waals surface area contributed by atoms with Crippen molar-refractivity contribution in [3.05, 3.63) is 18.1 Å². The molecule has 0 aliphatic heterocycles. The summed E-state index contributed by atoms with van der Waals surface area (Å²) >= 11 is 0. The van der Waals surface area contributed by atoms with Crippen LogP contribution in [0.15, 0.2) is 12.4 Å². The molecule has 0 bridgehead atoms. The third-order valence-electron chi connectivity index (χ3n) is 2.35. The zero-order valence-electron chi connectivity index (χ0n) is 10.2. The van der Waals surface area contributed by atoms with Crippen LogP contribution in [0.5, 0.6) is 5.88 Å². The molecule has 1 aromatic rings. The standard InChI is InChI=1S/C12H18N2O3/c1-3-5-9(12(15)16)10-7-11(14-8-13-10)17-6-4-2/h7-9H,3-6H2,1-2H3,(H,15,16). The fourth-order valence-corrected chi connectivity index (χ4v) is 1.52. The molecule has 1 unspecified atom stereocenters. The molecule has 1 N–H and O–H groups in total. The SMILES string of the molecule is CCCOc1cc(C(CCC)C(=O)O)ncn1. The number of carbonyl (C=O) groups is 1. The van der Waals surface area contributed by atoms with Gasteiger partial charge in [0, 0.05) is 6.07 Å². The largest absolute Gasteiger partial charge is 0.481 e. The average molecular weight is 238 g/mol. The zero-order chi connectivity index (χ0) is 12.7. The molecule has 0 radical (unpaired) electrons. The predicted molar refractivity (Wildman–Crippen MR) is 63.1 cm³/mol. The molecule has 0 aromatic carbocycles. The van der Waals surface area contributed by atoms with Gasteiger partial charge in [0.05, 0.1) is 18.2 Å². The van der Waals surface area contributed by atoms with Crippen LogP contribution in [-0.2, 0) is 4.79 Å². The van der Waals surface area contributed by atoms with Crippen LogP contribution < -0.4 is 4.74 Å². The van der Waals surface area contributed by atoms with E-state index < -0.39 is 11.9 Å². The summed E-state index contributed by atoms with van der Waals surface area (Å²) in [4.78, 5) is 19.1. The Morgan fingerprint density at radius 2 is 2.18 bits per heavy atom. The highest BCUT2D eigenvalue weighted by atomic mass is 16.5. The maximum absolute atomic E-state index is 11.1. The van der Waals surface area contributed by atoms with Crippen LogP contribution in [0.3, 0.4) is 0 Å². The summed E-state index contributed by atoms with van der Waals surface area (Å²) in [6.45, 7) is 4.52. The third-order valence-corrected chi connectivity index (χ3v) is 2.35. The Kier molecular flexibility index (Phi) is 5.39. The van der Waals surface area contributed by atoms with Gasteiger partial charge in [0.25, 0.3) is 0 Å². The number of aromatic nitrogens is 2. The lowest BCUT2D eigenvalue weighted by molar-refractivity contribution is -0.139. The molecule has 5 heteroatoms. The summed E-state index contributed by atoms with van der Waals surface area (Å²) in [5, 5.41) is 9.12. The van der Waals surface area contributed by atoms with E-state index in [0.29, 0.717) is 24.6 Å². The van der Waals surface area contributed by atoms with Crippen LogP contribution in [0.2, 0.25) is 0 Å². The first-order valence-corrected chi connectivity index (χ1v) is 5.86. The molecular formula is C12H18N2O3. The molecule has 5 nitrogen and oxygen atoms in total. The van der Waals surface area contributed by atoms with Crippen molar-refractivity contribution in [3.8, 4) is 5.88 Å². The van der Waals surface area contributed by atoms with E-state index in [1.54, 1.807) is 6.07 Å². The van der Waals surface area contributed by atoms with E-state index in [1.807, 2.05) is 13.8 Å². The third kappa shape index (κ3) is 4.01. The summed E-state index contributed by atoms with van der Waals surface area (Å²) in [7, 11) is 0. The van der Waals surface area contributed by atoms with E-state index in [2.05, 4.69) is 9.97 Å². The Hall–Kier alpha value is -1.65. The highest BCUT2D eigenvalue weighted by Crippen LogP contribution is 2.21. The van der Waals surface area contributed by atoms with Gasteiger partial charge in [-0.25, -0.2) is 9.97 Å². The number of rotatable bonds is 7. The van der Waals surface area contributed by atoms with Crippen molar-refractivity contribution in [2.24, 2.45) is 0 Å². The van der Waals surface area contributed by atoms with Crippen molar-refractivity contribution in [2.45, 2.75) is 39.0 Å². The molecule has 0 spiro atoms. The van der Waals surface area contributed by atoms with Gasteiger partial charge in [-0.2, -0.15) is 0 Å². The van der Waals surface area contributed by atoms with Crippen LogP contribution in [0.1, 0.15) is 44.7 Å². The number of hydrogen-bond acceptors (Lipinski definition) is 4. The van der Waals surface area contributed by atoms with E-state index in [9.17, 15) is 4.79 Å². The van der Waals surface area contributed by atoms with E-state index in [-0.39, 0.29) is 0 Å². The molecule has 1 aromatic heterocycles.